The normalized spacial score (nSPS) is 15.0. The molecule has 0 spiro atoms. The quantitative estimate of drug-likeness (QED) is 0.797. The minimum atomic E-state index is -0.521. The lowest BCUT2D eigenvalue weighted by atomic mass is 10.1. The summed E-state index contributed by atoms with van der Waals surface area (Å²) < 4.78 is 0. The fraction of sp³-hybridized carbons (Fsp3) is 0.350. The summed E-state index contributed by atoms with van der Waals surface area (Å²) in [5.41, 5.74) is 2.08. The van der Waals surface area contributed by atoms with Crippen LogP contribution in [-0.2, 0) is 11.3 Å². The highest BCUT2D eigenvalue weighted by Crippen LogP contribution is 2.29. The predicted molar refractivity (Wildman–Crippen MR) is 98.7 cm³/mol. The lowest BCUT2D eigenvalue weighted by Gasteiger charge is -2.23. The van der Waals surface area contributed by atoms with Crippen molar-refractivity contribution in [2.45, 2.75) is 31.5 Å². The summed E-state index contributed by atoms with van der Waals surface area (Å²) in [6.45, 7) is 0.687. The maximum Gasteiger partial charge on any atom is 0.233 e. The molecule has 1 saturated carbocycles. The summed E-state index contributed by atoms with van der Waals surface area (Å²) in [7, 11) is 0. The van der Waals surface area contributed by atoms with Crippen LogP contribution in [0.25, 0.3) is 0 Å². The topological polar surface area (TPSA) is 40.5 Å². The molecule has 1 unspecified atom stereocenters. The van der Waals surface area contributed by atoms with Crippen molar-refractivity contribution in [2.75, 3.05) is 11.5 Å². The molecule has 0 bridgehead atoms. The highest BCUT2D eigenvalue weighted by Gasteiger charge is 2.32. The number of nitrogens with zero attached hydrogens (tertiary/aromatic N) is 1. The molecule has 1 amide bonds. The van der Waals surface area contributed by atoms with Gasteiger partial charge in [-0.25, -0.2) is 0 Å². The van der Waals surface area contributed by atoms with Gasteiger partial charge in [0.1, 0.15) is 0 Å². The first-order valence-corrected chi connectivity index (χ1v) is 9.53. The van der Waals surface area contributed by atoms with Gasteiger partial charge in [-0.15, -0.1) is 11.8 Å². The summed E-state index contributed by atoms with van der Waals surface area (Å²) in [6.07, 6.45) is 1.69. The molecule has 0 aliphatic heterocycles. The Balaban J connectivity index is 1.49. The number of aliphatic hydroxyl groups is 1. The van der Waals surface area contributed by atoms with Crippen LogP contribution in [0.3, 0.4) is 0 Å². The Morgan fingerprint density at radius 3 is 2.33 bits per heavy atom. The molecule has 1 fully saturated rings. The van der Waals surface area contributed by atoms with E-state index in [9.17, 15) is 9.90 Å². The van der Waals surface area contributed by atoms with Crippen molar-refractivity contribution < 1.29 is 9.90 Å². The van der Waals surface area contributed by atoms with Gasteiger partial charge in [-0.1, -0.05) is 60.7 Å². The first kappa shape index (κ1) is 17.1. The molecule has 3 rings (SSSR count). The molecule has 126 valence electrons. The van der Waals surface area contributed by atoms with Gasteiger partial charge in [0, 0.05) is 18.3 Å². The molecule has 2 aromatic carbocycles. The number of carbonyl (C=O) groups is 1. The number of hydrogen-bond acceptors (Lipinski definition) is 3. The summed E-state index contributed by atoms with van der Waals surface area (Å²) in [4.78, 5) is 14.6. The molecule has 2 aromatic rings. The zero-order chi connectivity index (χ0) is 16.8. The van der Waals surface area contributed by atoms with Gasteiger partial charge in [0.25, 0.3) is 0 Å². The second-order valence-electron chi connectivity index (χ2n) is 6.18. The molecule has 0 heterocycles. The van der Waals surface area contributed by atoms with E-state index in [1.165, 1.54) is 17.3 Å². The molecule has 0 radical (unpaired) electrons. The third-order valence-electron chi connectivity index (χ3n) is 4.19. The highest BCUT2D eigenvalue weighted by molar-refractivity contribution is 7.99. The Morgan fingerprint density at radius 2 is 1.71 bits per heavy atom. The van der Waals surface area contributed by atoms with Crippen LogP contribution < -0.4 is 0 Å². The van der Waals surface area contributed by atoms with Crippen molar-refractivity contribution in [1.82, 2.24) is 4.90 Å². The van der Waals surface area contributed by atoms with Crippen LogP contribution in [0.1, 0.15) is 30.1 Å². The molecule has 0 aromatic heterocycles. The van der Waals surface area contributed by atoms with Gasteiger partial charge in [0.05, 0.1) is 11.9 Å². The maximum atomic E-state index is 12.6. The van der Waals surface area contributed by atoms with E-state index < -0.39 is 6.10 Å². The van der Waals surface area contributed by atoms with Crippen LogP contribution in [0.15, 0.2) is 60.7 Å². The van der Waals surface area contributed by atoms with E-state index in [0.717, 1.165) is 18.4 Å². The predicted octanol–water partition coefficient (Wildman–Crippen LogP) is 3.64. The molecule has 24 heavy (non-hydrogen) atoms. The van der Waals surface area contributed by atoms with E-state index in [1.54, 1.807) is 0 Å². The van der Waals surface area contributed by atoms with E-state index in [1.807, 2.05) is 53.4 Å². The summed E-state index contributed by atoms with van der Waals surface area (Å²) >= 11 is 1.51. The average molecular weight is 341 g/mol. The minimum absolute atomic E-state index is 0.173. The molecule has 1 atom stereocenters. The monoisotopic (exact) mass is 341 g/mol. The van der Waals surface area contributed by atoms with Gasteiger partial charge < -0.3 is 10.0 Å². The Hall–Kier alpha value is -1.78. The lowest BCUT2D eigenvalue weighted by Crippen LogP contribution is -2.34. The van der Waals surface area contributed by atoms with Gasteiger partial charge in [-0.05, 0) is 24.0 Å². The van der Waals surface area contributed by atoms with Crippen molar-refractivity contribution in [3.05, 3.63) is 71.8 Å². The van der Waals surface area contributed by atoms with Crippen molar-refractivity contribution in [1.29, 1.82) is 0 Å². The Labute approximate surface area is 147 Å². The second kappa shape index (κ2) is 8.36. The van der Waals surface area contributed by atoms with Crippen molar-refractivity contribution in [3.8, 4) is 0 Å². The smallest absolute Gasteiger partial charge is 0.233 e. The molecular weight excluding hydrogens is 318 g/mol. The minimum Gasteiger partial charge on any atom is -0.388 e. The fourth-order valence-corrected chi connectivity index (χ4v) is 3.57. The third-order valence-corrected chi connectivity index (χ3v) is 5.19. The molecule has 1 N–H and O–H groups in total. The average Bonchev–Trinajstić information content (AvgIpc) is 3.46. The first-order valence-electron chi connectivity index (χ1n) is 8.38. The Bertz CT molecular complexity index is 643. The standard InChI is InChI=1S/C20H23NO2S/c22-19(17-9-5-2-6-10-17)14-24-15-20(23)21(18-11-12-18)13-16-7-3-1-4-8-16/h1-10,18-19,22H,11-15H2. The molecule has 3 nitrogen and oxygen atoms in total. The molecule has 1 aliphatic rings. The number of thioether (sulfide) groups is 1. The third kappa shape index (κ3) is 4.86. The number of benzene rings is 2. The van der Waals surface area contributed by atoms with Crippen molar-refractivity contribution in [3.63, 3.8) is 0 Å². The van der Waals surface area contributed by atoms with E-state index in [0.29, 0.717) is 24.1 Å². The van der Waals surface area contributed by atoms with Crippen LogP contribution in [-0.4, -0.2) is 33.5 Å². The first-order chi connectivity index (χ1) is 11.7. The highest BCUT2D eigenvalue weighted by atomic mass is 32.2. The SMILES string of the molecule is O=C(CSCC(O)c1ccccc1)N(Cc1ccccc1)C1CC1. The van der Waals surface area contributed by atoms with Crippen LogP contribution in [0, 0.1) is 0 Å². The summed E-state index contributed by atoms with van der Waals surface area (Å²) in [6, 6.07) is 20.1. The molecule has 1 aliphatic carbocycles. The van der Waals surface area contributed by atoms with E-state index in [-0.39, 0.29) is 5.91 Å². The van der Waals surface area contributed by atoms with E-state index in [4.69, 9.17) is 0 Å². The van der Waals surface area contributed by atoms with Gasteiger partial charge >= 0.3 is 0 Å². The number of carbonyl (C=O) groups excluding carboxylic acids is 1. The van der Waals surface area contributed by atoms with Crippen LogP contribution in [0.2, 0.25) is 0 Å². The fourth-order valence-electron chi connectivity index (χ4n) is 2.70. The number of hydrogen-bond donors (Lipinski definition) is 1. The second-order valence-corrected chi connectivity index (χ2v) is 7.21. The molecular formula is C20H23NO2S. The number of aliphatic hydroxyl groups excluding tert-OH is 1. The number of amides is 1. The lowest BCUT2D eigenvalue weighted by molar-refractivity contribution is -0.129. The van der Waals surface area contributed by atoms with Gasteiger partial charge in [-0.3, -0.25) is 4.79 Å². The van der Waals surface area contributed by atoms with Gasteiger partial charge in [0.2, 0.25) is 5.91 Å². The Kier molecular flexibility index (Phi) is 5.94. The van der Waals surface area contributed by atoms with Crippen LogP contribution in [0.4, 0.5) is 0 Å². The number of rotatable bonds is 8. The zero-order valence-corrected chi connectivity index (χ0v) is 14.5. The van der Waals surface area contributed by atoms with Crippen LogP contribution in [0.5, 0.6) is 0 Å². The van der Waals surface area contributed by atoms with Gasteiger partial charge in [-0.2, -0.15) is 0 Å². The summed E-state index contributed by atoms with van der Waals surface area (Å²) in [5.74, 6) is 1.14. The van der Waals surface area contributed by atoms with E-state index >= 15 is 0 Å². The Morgan fingerprint density at radius 1 is 1.08 bits per heavy atom. The maximum absolute atomic E-state index is 12.6. The van der Waals surface area contributed by atoms with Gasteiger partial charge in [0.15, 0.2) is 0 Å². The van der Waals surface area contributed by atoms with Crippen molar-refractivity contribution in [2.24, 2.45) is 0 Å². The van der Waals surface area contributed by atoms with Crippen LogP contribution >= 0.6 is 11.8 Å². The summed E-state index contributed by atoms with van der Waals surface area (Å²) in [5, 5.41) is 10.2. The molecule has 0 saturated heterocycles. The van der Waals surface area contributed by atoms with E-state index in [2.05, 4.69) is 12.1 Å². The largest absolute Gasteiger partial charge is 0.388 e. The zero-order valence-electron chi connectivity index (χ0n) is 13.7. The molecule has 4 heteroatoms. The van der Waals surface area contributed by atoms with Crippen molar-refractivity contribution >= 4 is 17.7 Å².